The Bertz CT molecular complexity index is 1070. The van der Waals surface area contributed by atoms with Crippen molar-refractivity contribution >= 4 is 40.1 Å². The summed E-state index contributed by atoms with van der Waals surface area (Å²) >= 11 is 0. The highest BCUT2D eigenvalue weighted by Crippen LogP contribution is 2.13. The Hall–Kier alpha value is -2.73. The molecule has 0 radical (unpaired) electrons. The van der Waals surface area contributed by atoms with E-state index in [0.29, 0.717) is 0 Å². The van der Waals surface area contributed by atoms with Crippen molar-refractivity contribution in [1.29, 1.82) is 0 Å². The first-order valence-corrected chi connectivity index (χ1v) is 11.4. The molecule has 0 saturated carbocycles. The van der Waals surface area contributed by atoms with Crippen molar-refractivity contribution in [2.45, 2.75) is 50.6 Å². The normalized spacial score (nSPS) is 12.7. The quantitative estimate of drug-likeness (QED) is 0.357. The first-order valence-electron chi connectivity index (χ1n) is 9.94. The topological polar surface area (TPSA) is 145 Å². The highest BCUT2D eigenvalue weighted by atomic mass is 32.2. The summed E-state index contributed by atoms with van der Waals surface area (Å²) in [5.41, 5.74) is 0.662. The molecule has 0 fully saturated rings. The zero-order valence-corrected chi connectivity index (χ0v) is 19.2. The first kappa shape index (κ1) is 25.5. The number of carbonyl (C=O) groups excluding carboxylic acids is 2. The zero-order valence-electron chi connectivity index (χ0n) is 18.4. The van der Waals surface area contributed by atoms with Gasteiger partial charge in [-0.3, -0.25) is 9.59 Å². The standard InChI is InChI=1S/C21H28BN3O6S/c1-14-8-10-17(11-9-14)32(30,31)25-18(13-19(26)24-21(2,3)4)20(27)23-16-7-5-6-15(12-16)22(28)29/h5-12,18,25,28-29H,13H2,1-4H3,(H,23,27)(H,24,26)/t18-/m0/s1. The van der Waals surface area contributed by atoms with Crippen molar-refractivity contribution in [3.8, 4) is 0 Å². The molecule has 1 atom stereocenters. The van der Waals surface area contributed by atoms with E-state index >= 15 is 0 Å². The van der Waals surface area contributed by atoms with Crippen LogP contribution in [0.25, 0.3) is 0 Å². The van der Waals surface area contributed by atoms with Crippen LogP contribution >= 0.6 is 0 Å². The van der Waals surface area contributed by atoms with Crippen LogP contribution in [0.1, 0.15) is 32.8 Å². The number of benzene rings is 2. The summed E-state index contributed by atoms with van der Waals surface area (Å²) in [6, 6.07) is 10.5. The van der Waals surface area contributed by atoms with Crippen LogP contribution in [0.5, 0.6) is 0 Å². The van der Waals surface area contributed by atoms with E-state index in [2.05, 4.69) is 15.4 Å². The van der Waals surface area contributed by atoms with Gasteiger partial charge in [0.25, 0.3) is 0 Å². The molecular weight excluding hydrogens is 433 g/mol. The second kappa shape index (κ2) is 10.3. The highest BCUT2D eigenvalue weighted by molar-refractivity contribution is 7.89. The molecule has 2 aromatic carbocycles. The van der Waals surface area contributed by atoms with Crippen molar-refractivity contribution < 1.29 is 28.1 Å². The average Bonchev–Trinajstić information content (AvgIpc) is 2.66. The lowest BCUT2D eigenvalue weighted by atomic mass is 9.80. The number of hydrogen-bond acceptors (Lipinski definition) is 6. The van der Waals surface area contributed by atoms with E-state index in [1.54, 1.807) is 32.9 Å². The van der Waals surface area contributed by atoms with Crippen molar-refractivity contribution in [2.75, 3.05) is 5.32 Å². The van der Waals surface area contributed by atoms with E-state index in [0.717, 1.165) is 5.56 Å². The molecule has 0 spiro atoms. The van der Waals surface area contributed by atoms with Crippen molar-refractivity contribution in [1.82, 2.24) is 10.0 Å². The van der Waals surface area contributed by atoms with Crippen LogP contribution in [0.4, 0.5) is 5.69 Å². The lowest BCUT2D eigenvalue weighted by Gasteiger charge is -2.23. The fourth-order valence-corrected chi connectivity index (χ4v) is 4.02. The molecule has 0 aromatic heterocycles. The van der Waals surface area contributed by atoms with Gasteiger partial charge in [-0.05, 0) is 57.4 Å². The summed E-state index contributed by atoms with van der Waals surface area (Å²) in [4.78, 5) is 25.3. The van der Waals surface area contributed by atoms with Gasteiger partial charge in [-0.1, -0.05) is 29.8 Å². The summed E-state index contributed by atoms with van der Waals surface area (Å²) < 4.78 is 28.0. The Balaban J connectivity index is 2.28. The predicted octanol–water partition coefficient (Wildman–Crippen LogP) is 0.265. The van der Waals surface area contributed by atoms with Gasteiger partial charge in [0.15, 0.2) is 0 Å². The van der Waals surface area contributed by atoms with Crippen molar-refractivity contribution in [2.24, 2.45) is 0 Å². The van der Waals surface area contributed by atoms with Gasteiger partial charge in [0.05, 0.1) is 11.3 Å². The predicted molar refractivity (Wildman–Crippen MR) is 123 cm³/mol. The maximum absolute atomic E-state index is 12.9. The molecule has 0 heterocycles. The van der Waals surface area contributed by atoms with E-state index in [1.807, 2.05) is 6.92 Å². The number of nitrogens with one attached hydrogen (secondary N) is 3. The number of carbonyl (C=O) groups is 2. The van der Waals surface area contributed by atoms with Gasteiger partial charge in [-0.15, -0.1) is 0 Å². The Labute approximate surface area is 188 Å². The Morgan fingerprint density at radius 2 is 1.69 bits per heavy atom. The second-order valence-corrected chi connectivity index (χ2v) is 10.2. The summed E-state index contributed by atoms with van der Waals surface area (Å²) in [5.74, 6) is -1.28. The average molecular weight is 461 g/mol. The lowest BCUT2D eigenvalue weighted by Crippen LogP contribution is -2.49. The van der Waals surface area contributed by atoms with Gasteiger partial charge >= 0.3 is 7.12 Å². The SMILES string of the molecule is Cc1ccc(S(=O)(=O)N[C@@H](CC(=O)NC(C)(C)C)C(=O)Nc2cccc(B(O)O)c2)cc1. The molecule has 0 aliphatic heterocycles. The Morgan fingerprint density at radius 1 is 1.06 bits per heavy atom. The number of sulfonamides is 1. The van der Waals surface area contributed by atoms with E-state index in [9.17, 15) is 28.1 Å². The van der Waals surface area contributed by atoms with E-state index < -0.39 is 47.0 Å². The second-order valence-electron chi connectivity index (χ2n) is 8.48. The molecule has 2 aromatic rings. The molecule has 172 valence electrons. The van der Waals surface area contributed by atoms with Crippen LogP contribution in [0.15, 0.2) is 53.4 Å². The molecule has 0 saturated heterocycles. The number of hydrogen-bond donors (Lipinski definition) is 5. The van der Waals surface area contributed by atoms with Gasteiger partial charge < -0.3 is 20.7 Å². The molecule has 0 aliphatic carbocycles. The zero-order chi connectivity index (χ0) is 24.1. The summed E-state index contributed by atoms with van der Waals surface area (Å²) in [5, 5.41) is 23.9. The van der Waals surface area contributed by atoms with Crippen LogP contribution < -0.4 is 20.8 Å². The maximum Gasteiger partial charge on any atom is 0.488 e. The van der Waals surface area contributed by atoms with Gasteiger partial charge in [0.1, 0.15) is 6.04 Å². The van der Waals surface area contributed by atoms with E-state index in [4.69, 9.17) is 0 Å². The third-order valence-electron chi connectivity index (χ3n) is 4.30. The summed E-state index contributed by atoms with van der Waals surface area (Å²) in [7, 11) is -5.83. The molecular formula is C21H28BN3O6S. The van der Waals surface area contributed by atoms with Crippen LogP contribution in [0, 0.1) is 6.92 Å². The Morgan fingerprint density at radius 3 is 2.25 bits per heavy atom. The molecule has 0 unspecified atom stereocenters. The minimum atomic E-state index is -4.10. The molecule has 11 heteroatoms. The van der Waals surface area contributed by atoms with E-state index in [1.165, 1.54) is 36.4 Å². The van der Waals surface area contributed by atoms with Gasteiger partial charge in [-0.2, -0.15) is 4.72 Å². The largest absolute Gasteiger partial charge is 0.488 e. The van der Waals surface area contributed by atoms with Crippen molar-refractivity contribution in [3.63, 3.8) is 0 Å². The fourth-order valence-electron chi connectivity index (χ4n) is 2.82. The highest BCUT2D eigenvalue weighted by Gasteiger charge is 2.29. The van der Waals surface area contributed by atoms with Crippen molar-refractivity contribution in [3.05, 3.63) is 54.1 Å². The minimum absolute atomic E-state index is 0.0393. The Kier molecular flexibility index (Phi) is 8.19. The molecule has 9 nitrogen and oxygen atoms in total. The van der Waals surface area contributed by atoms with Crippen LogP contribution in [0.2, 0.25) is 0 Å². The minimum Gasteiger partial charge on any atom is -0.423 e. The molecule has 0 bridgehead atoms. The number of amides is 2. The molecule has 5 N–H and O–H groups in total. The van der Waals surface area contributed by atoms with Crippen LogP contribution in [-0.2, 0) is 19.6 Å². The third kappa shape index (κ3) is 7.76. The van der Waals surface area contributed by atoms with Gasteiger partial charge in [0, 0.05) is 11.2 Å². The number of anilines is 1. The van der Waals surface area contributed by atoms with E-state index in [-0.39, 0.29) is 16.0 Å². The van der Waals surface area contributed by atoms with Crippen LogP contribution in [0.3, 0.4) is 0 Å². The summed E-state index contributed by atoms with van der Waals surface area (Å²) in [6.07, 6.45) is -0.434. The maximum atomic E-state index is 12.9. The molecule has 2 amide bonds. The van der Waals surface area contributed by atoms with Crippen LogP contribution in [-0.4, -0.2) is 49.0 Å². The smallest absolute Gasteiger partial charge is 0.423 e. The van der Waals surface area contributed by atoms with Gasteiger partial charge in [0.2, 0.25) is 21.8 Å². The first-order chi connectivity index (χ1) is 14.8. The molecule has 2 rings (SSSR count). The van der Waals surface area contributed by atoms with Gasteiger partial charge in [-0.25, -0.2) is 8.42 Å². The number of rotatable bonds is 8. The lowest BCUT2D eigenvalue weighted by molar-refractivity contribution is -0.126. The number of aryl methyl sites for hydroxylation is 1. The monoisotopic (exact) mass is 461 g/mol. The molecule has 0 aliphatic rings. The third-order valence-corrected chi connectivity index (χ3v) is 5.79. The molecule has 32 heavy (non-hydrogen) atoms. The fraction of sp³-hybridized carbons (Fsp3) is 0.333. The summed E-state index contributed by atoms with van der Waals surface area (Å²) in [6.45, 7) is 7.11.